The molecule has 0 aliphatic rings. The first-order valence-electron chi connectivity index (χ1n) is 9.58. The highest BCUT2D eigenvalue weighted by Crippen LogP contribution is 2.32. The Kier molecular flexibility index (Phi) is 7.40. The standard InChI is InChI=1S/C23H22N2O5S/c1-30-20(27)10-11-24-23(29)21-18(16-7-3-2-4-8-16)13-19(31-21)22(28)25-14-15-6-5-9-17(26)12-15/h2-9,12-13,26H,10-11,14H2,1H3,(H,24,29)(H,25,28). The predicted molar refractivity (Wildman–Crippen MR) is 118 cm³/mol. The maximum atomic E-state index is 12.7. The molecule has 0 bridgehead atoms. The molecule has 0 spiro atoms. The number of aromatic hydroxyl groups is 1. The summed E-state index contributed by atoms with van der Waals surface area (Å²) in [5.74, 6) is -0.971. The fourth-order valence-electron chi connectivity index (χ4n) is 2.90. The lowest BCUT2D eigenvalue weighted by atomic mass is 10.1. The van der Waals surface area contributed by atoms with Crippen LogP contribution in [0.3, 0.4) is 0 Å². The minimum atomic E-state index is -0.415. The normalized spacial score (nSPS) is 10.4. The van der Waals surface area contributed by atoms with E-state index in [0.29, 0.717) is 15.3 Å². The number of phenolic OH excluding ortho intramolecular Hbond substituents is 1. The van der Waals surface area contributed by atoms with Crippen molar-refractivity contribution in [1.29, 1.82) is 0 Å². The molecule has 3 aromatic rings. The number of hydrogen-bond donors (Lipinski definition) is 3. The highest BCUT2D eigenvalue weighted by molar-refractivity contribution is 7.16. The Morgan fingerprint density at radius 2 is 1.74 bits per heavy atom. The van der Waals surface area contributed by atoms with Crippen molar-refractivity contribution < 1.29 is 24.2 Å². The van der Waals surface area contributed by atoms with Gasteiger partial charge in [0.25, 0.3) is 11.8 Å². The van der Waals surface area contributed by atoms with Crippen molar-refractivity contribution in [3.05, 3.63) is 76.0 Å². The Hall–Kier alpha value is -3.65. The van der Waals surface area contributed by atoms with Crippen molar-refractivity contribution in [2.45, 2.75) is 13.0 Å². The molecule has 0 saturated carbocycles. The highest BCUT2D eigenvalue weighted by atomic mass is 32.1. The van der Waals surface area contributed by atoms with Gasteiger partial charge in [0.2, 0.25) is 0 Å². The molecule has 7 nitrogen and oxygen atoms in total. The Morgan fingerprint density at radius 3 is 2.45 bits per heavy atom. The maximum Gasteiger partial charge on any atom is 0.307 e. The van der Waals surface area contributed by atoms with Crippen LogP contribution >= 0.6 is 11.3 Å². The van der Waals surface area contributed by atoms with Crippen LogP contribution in [0.4, 0.5) is 0 Å². The van der Waals surface area contributed by atoms with Gasteiger partial charge >= 0.3 is 5.97 Å². The molecule has 0 aliphatic carbocycles. The summed E-state index contributed by atoms with van der Waals surface area (Å²) >= 11 is 1.08. The number of benzene rings is 2. The Balaban J connectivity index is 1.78. The van der Waals surface area contributed by atoms with E-state index in [0.717, 1.165) is 22.5 Å². The van der Waals surface area contributed by atoms with Gasteiger partial charge in [0.15, 0.2) is 0 Å². The SMILES string of the molecule is COC(=O)CCNC(=O)c1sc(C(=O)NCc2cccc(O)c2)cc1-c1ccccc1. The van der Waals surface area contributed by atoms with Crippen molar-refractivity contribution in [1.82, 2.24) is 10.6 Å². The summed E-state index contributed by atoms with van der Waals surface area (Å²) in [5, 5.41) is 15.1. The average molecular weight is 439 g/mol. The maximum absolute atomic E-state index is 12.7. The van der Waals surface area contributed by atoms with Crippen LogP contribution in [0.1, 0.15) is 31.3 Å². The third-order valence-corrected chi connectivity index (χ3v) is 5.59. The van der Waals surface area contributed by atoms with E-state index in [-0.39, 0.29) is 37.1 Å². The fraction of sp³-hybridized carbons (Fsp3) is 0.174. The van der Waals surface area contributed by atoms with Gasteiger partial charge in [-0.15, -0.1) is 11.3 Å². The van der Waals surface area contributed by atoms with Crippen molar-refractivity contribution >= 4 is 29.1 Å². The van der Waals surface area contributed by atoms with Crippen LogP contribution in [0.15, 0.2) is 60.7 Å². The van der Waals surface area contributed by atoms with Gasteiger partial charge in [0.1, 0.15) is 10.6 Å². The molecule has 8 heteroatoms. The molecule has 0 saturated heterocycles. The van der Waals surface area contributed by atoms with Gasteiger partial charge in [0.05, 0.1) is 18.4 Å². The van der Waals surface area contributed by atoms with Gasteiger partial charge in [-0.2, -0.15) is 0 Å². The van der Waals surface area contributed by atoms with Gasteiger partial charge in [0, 0.05) is 18.7 Å². The first kappa shape index (κ1) is 22.0. The summed E-state index contributed by atoms with van der Waals surface area (Å²) in [6, 6.07) is 17.6. The summed E-state index contributed by atoms with van der Waals surface area (Å²) in [6.07, 6.45) is 0.0611. The number of carbonyl (C=O) groups is 3. The van der Waals surface area contributed by atoms with Crippen LogP contribution in [0.5, 0.6) is 5.75 Å². The van der Waals surface area contributed by atoms with E-state index in [9.17, 15) is 19.5 Å². The number of rotatable bonds is 8. The van der Waals surface area contributed by atoms with E-state index < -0.39 is 5.97 Å². The van der Waals surface area contributed by atoms with Crippen LogP contribution in [0.25, 0.3) is 11.1 Å². The number of methoxy groups -OCH3 is 1. The fourth-order valence-corrected chi connectivity index (χ4v) is 3.91. The van der Waals surface area contributed by atoms with Crippen LogP contribution in [0, 0.1) is 0 Å². The molecule has 3 rings (SSSR count). The van der Waals surface area contributed by atoms with Crippen molar-refractivity contribution in [3.63, 3.8) is 0 Å². The monoisotopic (exact) mass is 438 g/mol. The van der Waals surface area contributed by atoms with Gasteiger partial charge in [-0.1, -0.05) is 42.5 Å². The molecule has 2 aromatic carbocycles. The Bertz CT molecular complexity index is 1080. The lowest BCUT2D eigenvalue weighted by molar-refractivity contribution is -0.140. The molecular formula is C23H22N2O5S. The summed E-state index contributed by atoms with van der Waals surface area (Å²) in [7, 11) is 1.29. The first-order chi connectivity index (χ1) is 15.0. The second kappa shape index (κ2) is 10.4. The zero-order valence-electron chi connectivity index (χ0n) is 16.9. The van der Waals surface area contributed by atoms with E-state index in [1.54, 1.807) is 30.3 Å². The number of amides is 2. The zero-order chi connectivity index (χ0) is 22.2. The number of ether oxygens (including phenoxy) is 1. The molecule has 3 N–H and O–H groups in total. The molecule has 0 aliphatic heterocycles. The van der Waals surface area contributed by atoms with Gasteiger partial charge in [-0.05, 0) is 29.3 Å². The molecule has 2 amide bonds. The number of carbonyl (C=O) groups excluding carboxylic acids is 3. The van der Waals surface area contributed by atoms with Crippen molar-refractivity contribution in [2.75, 3.05) is 13.7 Å². The molecule has 1 heterocycles. The average Bonchev–Trinajstić information content (AvgIpc) is 3.23. The first-order valence-corrected chi connectivity index (χ1v) is 10.4. The lowest BCUT2D eigenvalue weighted by Gasteiger charge is -2.05. The smallest absolute Gasteiger partial charge is 0.307 e. The quantitative estimate of drug-likeness (QED) is 0.468. The van der Waals surface area contributed by atoms with Crippen molar-refractivity contribution in [3.8, 4) is 16.9 Å². The lowest BCUT2D eigenvalue weighted by Crippen LogP contribution is -2.26. The minimum absolute atomic E-state index is 0.0611. The van der Waals surface area contributed by atoms with E-state index in [1.807, 2.05) is 30.3 Å². The zero-order valence-corrected chi connectivity index (χ0v) is 17.7. The Morgan fingerprint density at radius 1 is 0.968 bits per heavy atom. The molecule has 160 valence electrons. The third kappa shape index (κ3) is 5.93. The van der Waals surface area contributed by atoms with Gasteiger partial charge < -0.3 is 20.5 Å². The topological polar surface area (TPSA) is 105 Å². The number of esters is 1. The summed E-state index contributed by atoms with van der Waals surface area (Å²) in [5.41, 5.74) is 2.21. The van der Waals surface area contributed by atoms with Gasteiger partial charge in [-0.25, -0.2) is 0 Å². The number of thiophene rings is 1. The minimum Gasteiger partial charge on any atom is -0.508 e. The predicted octanol–water partition coefficient (Wildman–Crippen LogP) is 3.34. The molecule has 1 aromatic heterocycles. The number of nitrogens with one attached hydrogen (secondary N) is 2. The van der Waals surface area contributed by atoms with E-state index in [4.69, 9.17) is 0 Å². The van der Waals surface area contributed by atoms with Crippen LogP contribution in [-0.4, -0.2) is 36.5 Å². The van der Waals surface area contributed by atoms with Crippen LogP contribution in [0.2, 0.25) is 0 Å². The van der Waals surface area contributed by atoms with Crippen LogP contribution < -0.4 is 10.6 Å². The van der Waals surface area contributed by atoms with Crippen LogP contribution in [-0.2, 0) is 16.1 Å². The number of hydrogen-bond acceptors (Lipinski definition) is 6. The molecular weight excluding hydrogens is 416 g/mol. The van der Waals surface area contributed by atoms with Crippen molar-refractivity contribution in [2.24, 2.45) is 0 Å². The van der Waals surface area contributed by atoms with Gasteiger partial charge in [-0.3, -0.25) is 14.4 Å². The van der Waals surface area contributed by atoms with E-state index in [2.05, 4.69) is 15.4 Å². The summed E-state index contributed by atoms with van der Waals surface area (Å²) in [6.45, 7) is 0.378. The number of phenols is 1. The Labute approximate surface area is 183 Å². The van der Waals surface area contributed by atoms with E-state index in [1.165, 1.54) is 7.11 Å². The molecule has 0 atom stereocenters. The summed E-state index contributed by atoms with van der Waals surface area (Å²) in [4.78, 5) is 37.5. The molecule has 0 fully saturated rings. The third-order valence-electron chi connectivity index (χ3n) is 4.45. The molecule has 31 heavy (non-hydrogen) atoms. The molecule has 0 unspecified atom stereocenters. The second-order valence-corrected chi connectivity index (χ2v) is 7.71. The highest BCUT2D eigenvalue weighted by Gasteiger charge is 2.21. The summed E-state index contributed by atoms with van der Waals surface area (Å²) < 4.78 is 4.58. The largest absolute Gasteiger partial charge is 0.508 e. The second-order valence-electron chi connectivity index (χ2n) is 6.65. The van der Waals surface area contributed by atoms with E-state index >= 15 is 0 Å². The molecule has 0 radical (unpaired) electrons.